The van der Waals surface area contributed by atoms with Crippen molar-refractivity contribution in [2.24, 2.45) is 0 Å². The highest BCUT2D eigenvalue weighted by Gasteiger charge is 2.30. The number of benzene rings is 1. The zero-order chi connectivity index (χ0) is 14.5. The Labute approximate surface area is 122 Å². The number of hydrogen-bond donors (Lipinski definition) is 1. The largest absolute Gasteiger partial charge is 0.375 e. The number of likely N-dealkylation sites (tertiary alicyclic amines) is 1. The summed E-state index contributed by atoms with van der Waals surface area (Å²) in [5.41, 5.74) is 0.909. The molecule has 0 aromatic heterocycles. The number of hydrogen-bond acceptors (Lipinski definition) is 3. The third-order valence-electron chi connectivity index (χ3n) is 3.17. The van der Waals surface area contributed by atoms with Crippen molar-refractivity contribution in [3.8, 4) is 0 Å². The van der Waals surface area contributed by atoms with Crippen molar-refractivity contribution in [3.63, 3.8) is 0 Å². The van der Waals surface area contributed by atoms with Gasteiger partial charge in [-0.1, -0.05) is 29.8 Å². The monoisotopic (exact) mass is 296 g/mol. The Hall–Kier alpha value is -1.59. The molecule has 1 fully saturated rings. The fraction of sp³-hybridized carbons (Fsp3) is 0.429. The second-order valence-electron chi connectivity index (χ2n) is 4.77. The molecule has 1 heterocycles. The van der Waals surface area contributed by atoms with Crippen molar-refractivity contribution in [2.45, 2.75) is 19.0 Å². The fourth-order valence-electron chi connectivity index (χ4n) is 2.25. The zero-order valence-electron chi connectivity index (χ0n) is 11.3. The molecule has 5 nitrogen and oxygen atoms in total. The van der Waals surface area contributed by atoms with E-state index in [1.807, 2.05) is 18.2 Å². The molecular weight excluding hydrogens is 280 g/mol. The first-order chi connectivity index (χ1) is 9.60. The lowest BCUT2D eigenvalue weighted by Crippen LogP contribution is -2.38. The molecule has 1 aliphatic heterocycles. The van der Waals surface area contributed by atoms with Crippen molar-refractivity contribution in [3.05, 3.63) is 34.9 Å². The maximum atomic E-state index is 11.9. The van der Waals surface area contributed by atoms with E-state index in [1.165, 1.54) is 7.11 Å². The number of halogens is 1. The van der Waals surface area contributed by atoms with Gasteiger partial charge in [0.1, 0.15) is 6.61 Å². The van der Waals surface area contributed by atoms with Gasteiger partial charge < -0.3 is 15.0 Å². The van der Waals surface area contributed by atoms with Gasteiger partial charge >= 0.3 is 0 Å². The van der Waals surface area contributed by atoms with Gasteiger partial charge in [0.15, 0.2) is 0 Å². The van der Waals surface area contributed by atoms with Crippen molar-refractivity contribution < 1.29 is 14.3 Å². The molecule has 1 aromatic rings. The van der Waals surface area contributed by atoms with Crippen LogP contribution in [0.1, 0.15) is 12.0 Å². The van der Waals surface area contributed by atoms with Gasteiger partial charge in [0.2, 0.25) is 11.8 Å². The van der Waals surface area contributed by atoms with Crippen LogP contribution < -0.4 is 5.32 Å². The SMILES string of the molecule is COCC(=O)N[C@H]1CC(=O)N(Cc2ccccc2Cl)C1. The number of carbonyl (C=O) groups is 2. The number of carbonyl (C=O) groups excluding carboxylic acids is 2. The predicted molar refractivity (Wildman–Crippen MR) is 75.3 cm³/mol. The van der Waals surface area contributed by atoms with Gasteiger partial charge in [-0.05, 0) is 11.6 Å². The molecule has 1 aliphatic rings. The van der Waals surface area contributed by atoms with E-state index in [2.05, 4.69) is 5.32 Å². The Morgan fingerprint density at radius 3 is 2.95 bits per heavy atom. The zero-order valence-corrected chi connectivity index (χ0v) is 12.0. The van der Waals surface area contributed by atoms with E-state index >= 15 is 0 Å². The maximum absolute atomic E-state index is 11.9. The van der Waals surface area contributed by atoms with Crippen LogP contribution in [-0.2, 0) is 20.9 Å². The van der Waals surface area contributed by atoms with Crippen LogP contribution in [0.5, 0.6) is 0 Å². The van der Waals surface area contributed by atoms with E-state index in [-0.39, 0.29) is 24.5 Å². The molecule has 1 N–H and O–H groups in total. The van der Waals surface area contributed by atoms with Crippen LogP contribution in [0.2, 0.25) is 5.02 Å². The Kier molecular flexibility index (Phi) is 4.98. The van der Waals surface area contributed by atoms with Gasteiger partial charge in [0.25, 0.3) is 0 Å². The molecule has 0 spiro atoms. The number of amides is 2. The number of ether oxygens (including phenoxy) is 1. The molecule has 0 bridgehead atoms. The third kappa shape index (κ3) is 3.71. The third-order valence-corrected chi connectivity index (χ3v) is 3.54. The lowest BCUT2D eigenvalue weighted by atomic mass is 10.2. The summed E-state index contributed by atoms with van der Waals surface area (Å²) in [5, 5.41) is 3.43. The van der Waals surface area contributed by atoms with E-state index < -0.39 is 0 Å². The highest BCUT2D eigenvalue weighted by atomic mass is 35.5. The van der Waals surface area contributed by atoms with Crippen molar-refractivity contribution >= 4 is 23.4 Å². The second kappa shape index (κ2) is 6.72. The van der Waals surface area contributed by atoms with E-state index in [4.69, 9.17) is 16.3 Å². The highest BCUT2D eigenvalue weighted by Crippen LogP contribution is 2.20. The first-order valence-electron chi connectivity index (χ1n) is 6.39. The molecule has 2 amide bonds. The summed E-state index contributed by atoms with van der Waals surface area (Å²) in [4.78, 5) is 25.1. The van der Waals surface area contributed by atoms with Crippen molar-refractivity contribution in [1.29, 1.82) is 0 Å². The lowest BCUT2D eigenvalue weighted by Gasteiger charge is -2.17. The molecule has 1 atom stereocenters. The summed E-state index contributed by atoms with van der Waals surface area (Å²) in [6.07, 6.45) is 0.319. The van der Waals surface area contributed by atoms with Gasteiger partial charge in [-0.3, -0.25) is 9.59 Å². The molecule has 6 heteroatoms. The summed E-state index contributed by atoms with van der Waals surface area (Å²) in [5.74, 6) is -0.183. The van der Waals surface area contributed by atoms with E-state index in [1.54, 1.807) is 11.0 Å². The number of nitrogens with zero attached hydrogens (tertiary/aromatic N) is 1. The summed E-state index contributed by atoms with van der Waals surface area (Å²) in [7, 11) is 1.46. The average molecular weight is 297 g/mol. The normalized spacial score (nSPS) is 18.4. The average Bonchev–Trinajstić information content (AvgIpc) is 2.72. The Morgan fingerprint density at radius 2 is 2.25 bits per heavy atom. The molecule has 0 aliphatic carbocycles. The summed E-state index contributed by atoms with van der Waals surface area (Å²) >= 11 is 6.09. The first kappa shape index (κ1) is 14.8. The molecule has 1 saturated heterocycles. The van der Waals surface area contributed by atoms with Crippen LogP contribution in [0.4, 0.5) is 0 Å². The Morgan fingerprint density at radius 1 is 1.50 bits per heavy atom. The number of nitrogens with one attached hydrogen (secondary N) is 1. The second-order valence-corrected chi connectivity index (χ2v) is 5.17. The molecule has 20 heavy (non-hydrogen) atoms. The van der Waals surface area contributed by atoms with Crippen molar-refractivity contribution in [2.75, 3.05) is 20.3 Å². The molecule has 2 rings (SSSR count). The van der Waals surface area contributed by atoms with Crippen LogP contribution in [0.15, 0.2) is 24.3 Å². The fourth-order valence-corrected chi connectivity index (χ4v) is 2.45. The van der Waals surface area contributed by atoms with Crippen LogP contribution in [0.3, 0.4) is 0 Å². The lowest BCUT2D eigenvalue weighted by molar-refractivity contribution is -0.128. The minimum absolute atomic E-state index is 0.00913. The van der Waals surface area contributed by atoms with Crippen LogP contribution in [0, 0.1) is 0 Å². The molecule has 108 valence electrons. The molecule has 1 aromatic carbocycles. The topological polar surface area (TPSA) is 58.6 Å². The number of methoxy groups -OCH3 is 1. The first-order valence-corrected chi connectivity index (χ1v) is 6.77. The summed E-state index contributed by atoms with van der Waals surface area (Å²) < 4.78 is 4.75. The Balaban J connectivity index is 1.93. The molecule has 0 radical (unpaired) electrons. The highest BCUT2D eigenvalue weighted by molar-refractivity contribution is 6.31. The van der Waals surface area contributed by atoms with Crippen molar-refractivity contribution in [1.82, 2.24) is 10.2 Å². The minimum Gasteiger partial charge on any atom is -0.375 e. The van der Waals surface area contributed by atoms with Crippen LogP contribution >= 0.6 is 11.6 Å². The molecule has 0 saturated carbocycles. The van der Waals surface area contributed by atoms with Gasteiger partial charge in [0.05, 0.1) is 6.04 Å². The van der Waals surface area contributed by atoms with E-state index in [9.17, 15) is 9.59 Å². The van der Waals surface area contributed by atoms with Crippen LogP contribution in [-0.4, -0.2) is 43.0 Å². The molecule has 0 unspecified atom stereocenters. The minimum atomic E-state index is -0.204. The molecular formula is C14H17ClN2O3. The van der Waals surface area contributed by atoms with E-state index in [0.29, 0.717) is 24.5 Å². The van der Waals surface area contributed by atoms with Gasteiger partial charge in [-0.15, -0.1) is 0 Å². The number of rotatable bonds is 5. The van der Waals surface area contributed by atoms with Crippen LogP contribution in [0.25, 0.3) is 0 Å². The smallest absolute Gasteiger partial charge is 0.246 e. The Bertz CT molecular complexity index is 507. The van der Waals surface area contributed by atoms with Gasteiger partial charge in [0, 0.05) is 31.6 Å². The maximum Gasteiger partial charge on any atom is 0.246 e. The van der Waals surface area contributed by atoms with Gasteiger partial charge in [-0.25, -0.2) is 0 Å². The standard InChI is InChI=1S/C14H17ClN2O3/c1-20-9-13(18)16-11-6-14(19)17(8-11)7-10-4-2-3-5-12(10)15/h2-5,11H,6-9H2,1H3,(H,16,18)/t11-/m0/s1. The summed E-state index contributed by atoms with van der Waals surface area (Å²) in [6.45, 7) is 0.976. The van der Waals surface area contributed by atoms with E-state index in [0.717, 1.165) is 5.56 Å². The summed E-state index contributed by atoms with van der Waals surface area (Å²) in [6, 6.07) is 7.28. The quantitative estimate of drug-likeness (QED) is 0.888. The predicted octanol–water partition coefficient (Wildman–Crippen LogP) is 1.20. The van der Waals surface area contributed by atoms with Gasteiger partial charge in [-0.2, -0.15) is 0 Å².